The number of hydrogen-bond acceptors (Lipinski definition) is 3. The maximum atomic E-state index is 6.08. The van der Waals surface area contributed by atoms with Crippen molar-refractivity contribution in [3.63, 3.8) is 0 Å². The summed E-state index contributed by atoms with van der Waals surface area (Å²) in [6, 6.07) is 20.3. The van der Waals surface area contributed by atoms with Gasteiger partial charge in [0.2, 0.25) is 0 Å². The van der Waals surface area contributed by atoms with Crippen molar-refractivity contribution in [1.82, 2.24) is 0 Å². The number of nitrogens with one attached hydrogen (secondary N) is 1. The van der Waals surface area contributed by atoms with Crippen LogP contribution in [-0.4, -0.2) is 5.91 Å². The summed E-state index contributed by atoms with van der Waals surface area (Å²) in [7, 11) is 0. The molecule has 1 N–H and O–H groups in total. The van der Waals surface area contributed by atoms with E-state index in [1.807, 2.05) is 54.6 Å². The highest BCUT2D eigenvalue weighted by atomic mass is 16.7. The average Bonchev–Trinajstić information content (AvgIpc) is 2.88. The van der Waals surface area contributed by atoms with Crippen LogP contribution >= 0.6 is 0 Å². The van der Waals surface area contributed by atoms with E-state index in [1.54, 1.807) is 0 Å². The zero-order chi connectivity index (χ0) is 14.6. The number of para-hydroxylation sites is 1. The fourth-order valence-corrected chi connectivity index (χ4v) is 3.01. The van der Waals surface area contributed by atoms with E-state index >= 15 is 0 Å². The first-order chi connectivity index (χ1) is 10.8. The number of anilines is 1. The Morgan fingerprint density at radius 2 is 1.50 bits per heavy atom. The molecule has 106 valence electrons. The van der Waals surface area contributed by atoms with Crippen LogP contribution in [0.2, 0.25) is 0 Å². The summed E-state index contributed by atoms with van der Waals surface area (Å²) < 4.78 is 12.1. The van der Waals surface area contributed by atoms with Crippen molar-refractivity contribution in [3.05, 3.63) is 72.3 Å². The molecule has 2 aliphatic heterocycles. The van der Waals surface area contributed by atoms with Gasteiger partial charge < -0.3 is 14.8 Å². The first-order valence-corrected chi connectivity index (χ1v) is 7.29. The van der Waals surface area contributed by atoms with Gasteiger partial charge in [-0.05, 0) is 35.0 Å². The van der Waals surface area contributed by atoms with E-state index in [9.17, 15) is 0 Å². The molecule has 1 atom stereocenters. The molecule has 0 bridgehead atoms. The number of rotatable bonds is 0. The summed E-state index contributed by atoms with van der Waals surface area (Å²) in [5.74, 6) is 0.672. The summed E-state index contributed by atoms with van der Waals surface area (Å²) >= 11 is 0. The van der Waals surface area contributed by atoms with Gasteiger partial charge in [0, 0.05) is 11.6 Å². The smallest absolute Gasteiger partial charge is 0.358 e. The van der Waals surface area contributed by atoms with Crippen LogP contribution in [0, 0.1) is 0 Å². The van der Waals surface area contributed by atoms with Crippen LogP contribution in [0.15, 0.2) is 66.7 Å². The molecule has 2 aliphatic rings. The number of hydrogen-bond donors (Lipinski definition) is 1. The van der Waals surface area contributed by atoms with E-state index in [2.05, 4.69) is 23.5 Å². The quantitative estimate of drug-likeness (QED) is 0.664. The molecule has 0 radical (unpaired) electrons. The maximum absolute atomic E-state index is 6.08. The van der Waals surface area contributed by atoms with E-state index in [-0.39, 0.29) is 0 Å². The van der Waals surface area contributed by atoms with Crippen molar-refractivity contribution >= 4 is 22.5 Å². The van der Waals surface area contributed by atoms with Gasteiger partial charge in [0.25, 0.3) is 0 Å². The highest BCUT2D eigenvalue weighted by Gasteiger charge is 2.41. The van der Waals surface area contributed by atoms with E-state index in [0.29, 0.717) is 0 Å². The molecule has 3 aromatic carbocycles. The van der Waals surface area contributed by atoms with Crippen molar-refractivity contribution in [2.45, 2.75) is 5.91 Å². The molecule has 2 heterocycles. The number of benzene rings is 3. The van der Waals surface area contributed by atoms with Gasteiger partial charge in [-0.3, -0.25) is 0 Å². The van der Waals surface area contributed by atoms with Gasteiger partial charge in [-0.2, -0.15) is 0 Å². The van der Waals surface area contributed by atoms with Crippen LogP contribution < -0.4 is 14.8 Å². The van der Waals surface area contributed by atoms with Gasteiger partial charge in [0.15, 0.2) is 5.75 Å². The second-order valence-electron chi connectivity index (χ2n) is 5.56. The van der Waals surface area contributed by atoms with Gasteiger partial charge in [-0.1, -0.05) is 42.5 Å². The highest BCUT2D eigenvalue weighted by molar-refractivity contribution is 5.89. The second-order valence-corrected chi connectivity index (χ2v) is 5.56. The Morgan fingerprint density at radius 3 is 2.41 bits per heavy atom. The minimum atomic E-state index is -0.950. The lowest BCUT2D eigenvalue weighted by molar-refractivity contribution is -0.0340. The Kier molecular flexibility index (Phi) is 2.15. The lowest BCUT2D eigenvalue weighted by Gasteiger charge is -2.30. The zero-order valence-corrected chi connectivity index (χ0v) is 11.7. The van der Waals surface area contributed by atoms with E-state index in [0.717, 1.165) is 28.1 Å². The average molecular weight is 287 g/mol. The van der Waals surface area contributed by atoms with E-state index in [4.69, 9.17) is 9.47 Å². The van der Waals surface area contributed by atoms with Crippen LogP contribution in [0.5, 0.6) is 11.5 Å². The molecule has 3 heteroatoms. The summed E-state index contributed by atoms with van der Waals surface area (Å²) in [6.45, 7) is 0. The Morgan fingerprint density at radius 1 is 0.773 bits per heavy atom. The molecule has 1 unspecified atom stereocenters. The molecule has 3 nitrogen and oxygen atoms in total. The highest BCUT2D eigenvalue weighted by Crippen LogP contribution is 2.43. The zero-order valence-electron chi connectivity index (χ0n) is 11.7. The summed E-state index contributed by atoms with van der Waals surface area (Å²) in [5.41, 5.74) is 2.00. The molecule has 0 saturated carbocycles. The fraction of sp³-hybridized carbons (Fsp3) is 0.0526. The van der Waals surface area contributed by atoms with E-state index in [1.165, 1.54) is 5.39 Å². The summed E-state index contributed by atoms with van der Waals surface area (Å²) in [4.78, 5) is 0. The fourth-order valence-electron chi connectivity index (χ4n) is 3.01. The molecule has 0 aliphatic carbocycles. The molecule has 22 heavy (non-hydrogen) atoms. The van der Waals surface area contributed by atoms with Crippen LogP contribution in [-0.2, 0) is 0 Å². The van der Waals surface area contributed by atoms with Crippen molar-refractivity contribution in [1.29, 1.82) is 0 Å². The van der Waals surface area contributed by atoms with Gasteiger partial charge in [0.05, 0.1) is 5.69 Å². The van der Waals surface area contributed by atoms with Crippen LogP contribution in [0.4, 0.5) is 5.69 Å². The summed E-state index contributed by atoms with van der Waals surface area (Å²) in [5, 5.41) is 5.68. The molecule has 1 spiro atoms. The molecular formula is C19H13NO2. The van der Waals surface area contributed by atoms with Gasteiger partial charge in [-0.15, -0.1) is 0 Å². The number of fused-ring (bicyclic) bond motifs is 3. The Hall–Kier alpha value is -2.94. The molecule has 0 aromatic heterocycles. The largest absolute Gasteiger partial charge is 0.431 e. The molecule has 0 amide bonds. The van der Waals surface area contributed by atoms with Crippen molar-refractivity contribution in [2.75, 3.05) is 5.32 Å². The Labute approximate surface area is 127 Å². The van der Waals surface area contributed by atoms with Crippen LogP contribution in [0.3, 0.4) is 0 Å². The third-order valence-electron chi connectivity index (χ3n) is 4.08. The number of ether oxygens (including phenoxy) is 2. The second kappa shape index (κ2) is 4.04. The topological polar surface area (TPSA) is 30.5 Å². The first-order valence-electron chi connectivity index (χ1n) is 7.29. The third kappa shape index (κ3) is 1.62. The standard InChI is InChI=1S/C19H13NO2/c1-2-7-15-12-18-16(11-14(15)6-1)20-19(22-18)10-9-13-5-3-4-8-17(13)21-19/h1-12,20H. The monoisotopic (exact) mass is 287 g/mol. The van der Waals surface area contributed by atoms with Crippen LogP contribution in [0.1, 0.15) is 5.56 Å². The Bertz CT molecular complexity index is 885. The normalized spacial score (nSPS) is 20.9. The molecule has 0 fully saturated rings. The minimum absolute atomic E-state index is 0.808. The lowest BCUT2D eigenvalue weighted by atomic mass is 10.1. The maximum Gasteiger partial charge on any atom is 0.358 e. The van der Waals surface area contributed by atoms with Gasteiger partial charge in [-0.25, -0.2) is 0 Å². The van der Waals surface area contributed by atoms with Crippen molar-refractivity contribution < 1.29 is 9.47 Å². The first kappa shape index (κ1) is 11.7. The van der Waals surface area contributed by atoms with Gasteiger partial charge in [0.1, 0.15) is 5.75 Å². The van der Waals surface area contributed by atoms with Crippen molar-refractivity contribution in [2.24, 2.45) is 0 Å². The van der Waals surface area contributed by atoms with Crippen molar-refractivity contribution in [3.8, 4) is 11.5 Å². The molecule has 5 rings (SSSR count). The van der Waals surface area contributed by atoms with Crippen LogP contribution in [0.25, 0.3) is 16.8 Å². The predicted molar refractivity (Wildman–Crippen MR) is 87.0 cm³/mol. The van der Waals surface area contributed by atoms with Gasteiger partial charge >= 0.3 is 5.91 Å². The predicted octanol–water partition coefficient (Wildman–Crippen LogP) is 4.40. The summed E-state index contributed by atoms with van der Waals surface area (Å²) in [6.07, 6.45) is 3.94. The van der Waals surface area contributed by atoms with E-state index < -0.39 is 5.91 Å². The minimum Gasteiger partial charge on any atom is -0.431 e. The third-order valence-corrected chi connectivity index (χ3v) is 4.08. The lowest BCUT2D eigenvalue weighted by Crippen LogP contribution is -2.45. The molecule has 0 saturated heterocycles. The molecule has 3 aromatic rings. The SMILES string of the molecule is C1=CC2(Nc3cc4ccccc4cc3O2)Oc2ccccc21. The Balaban J connectivity index is 1.59. The molecular weight excluding hydrogens is 274 g/mol.